The maximum atomic E-state index is 3.51. The molecule has 2 heterocycles. The topological polar surface area (TPSA) is 18.5 Å². The Morgan fingerprint density at radius 3 is 2.52 bits per heavy atom. The molecular formula is C18H29N3. The van der Waals surface area contributed by atoms with Gasteiger partial charge in [-0.25, -0.2) is 0 Å². The highest BCUT2D eigenvalue weighted by Gasteiger charge is 2.38. The molecule has 0 saturated carbocycles. The Labute approximate surface area is 129 Å². The molecule has 0 bridgehead atoms. The van der Waals surface area contributed by atoms with Gasteiger partial charge in [-0.05, 0) is 51.4 Å². The van der Waals surface area contributed by atoms with Crippen LogP contribution in [0.4, 0.5) is 0 Å². The van der Waals surface area contributed by atoms with Crippen LogP contribution in [0.2, 0.25) is 0 Å². The lowest BCUT2D eigenvalue weighted by Gasteiger charge is -2.46. The van der Waals surface area contributed by atoms with E-state index in [4.69, 9.17) is 0 Å². The van der Waals surface area contributed by atoms with Crippen LogP contribution in [0.3, 0.4) is 0 Å². The van der Waals surface area contributed by atoms with Gasteiger partial charge in [0, 0.05) is 31.7 Å². The van der Waals surface area contributed by atoms with Crippen molar-refractivity contribution in [2.24, 2.45) is 0 Å². The molecule has 1 N–H and O–H groups in total. The second-order valence-electron chi connectivity index (χ2n) is 6.78. The lowest BCUT2D eigenvalue weighted by Crippen LogP contribution is -2.57. The first-order valence-electron chi connectivity index (χ1n) is 8.47. The summed E-state index contributed by atoms with van der Waals surface area (Å²) in [6.45, 7) is 7.19. The summed E-state index contributed by atoms with van der Waals surface area (Å²) >= 11 is 0. The average Bonchev–Trinajstić information content (AvgIpc) is 2.72. The normalized spacial score (nSPS) is 29.2. The second-order valence-corrected chi connectivity index (χ2v) is 6.78. The van der Waals surface area contributed by atoms with Crippen molar-refractivity contribution in [3.8, 4) is 0 Å². The van der Waals surface area contributed by atoms with Crippen LogP contribution in [-0.2, 0) is 6.42 Å². The summed E-state index contributed by atoms with van der Waals surface area (Å²) in [4.78, 5) is 5.30. The number of nitrogens with one attached hydrogen (secondary N) is 1. The van der Waals surface area contributed by atoms with Crippen molar-refractivity contribution in [3.63, 3.8) is 0 Å². The minimum absolute atomic E-state index is 0.369. The van der Waals surface area contributed by atoms with Gasteiger partial charge in [-0.1, -0.05) is 30.3 Å². The van der Waals surface area contributed by atoms with E-state index in [0.717, 1.165) is 13.1 Å². The first-order chi connectivity index (χ1) is 10.3. The van der Waals surface area contributed by atoms with Crippen molar-refractivity contribution < 1.29 is 0 Å². The molecule has 2 aliphatic heterocycles. The van der Waals surface area contributed by atoms with Crippen molar-refractivity contribution in [3.05, 3.63) is 35.9 Å². The number of hydrogen-bond donors (Lipinski definition) is 1. The van der Waals surface area contributed by atoms with Gasteiger partial charge in [0.25, 0.3) is 0 Å². The van der Waals surface area contributed by atoms with E-state index in [0.29, 0.717) is 5.54 Å². The monoisotopic (exact) mass is 287 g/mol. The smallest absolute Gasteiger partial charge is 0.0263 e. The number of nitrogens with zero attached hydrogens (tertiary/aromatic N) is 2. The molecule has 0 radical (unpaired) electrons. The van der Waals surface area contributed by atoms with Gasteiger partial charge in [-0.3, -0.25) is 4.90 Å². The van der Waals surface area contributed by atoms with Crippen molar-refractivity contribution in [1.29, 1.82) is 0 Å². The summed E-state index contributed by atoms with van der Waals surface area (Å²) in [5, 5.41) is 3.51. The largest absolute Gasteiger partial charge is 0.314 e. The maximum Gasteiger partial charge on any atom is 0.0263 e. The molecule has 2 fully saturated rings. The summed E-state index contributed by atoms with van der Waals surface area (Å²) in [5.74, 6) is 0. The molecule has 116 valence electrons. The van der Waals surface area contributed by atoms with E-state index in [-0.39, 0.29) is 0 Å². The average molecular weight is 287 g/mol. The third-order valence-corrected chi connectivity index (χ3v) is 5.30. The van der Waals surface area contributed by atoms with Crippen LogP contribution in [-0.4, -0.2) is 61.7 Å². The molecule has 1 atom stereocenters. The van der Waals surface area contributed by atoms with E-state index in [1.165, 1.54) is 57.4 Å². The van der Waals surface area contributed by atoms with Crippen LogP contribution in [0.15, 0.2) is 30.3 Å². The Kier molecular flexibility index (Phi) is 4.94. The zero-order chi connectivity index (χ0) is 14.5. The number of benzene rings is 1. The molecule has 2 saturated heterocycles. The molecule has 0 spiro atoms. The van der Waals surface area contributed by atoms with Gasteiger partial charge in [0.05, 0.1) is 0 Å². The zero-order valence-corrected chi connectivity index (χ0v) is 13.4. The van der Waals surface area contributed by atoms with Crippen molar-refractivity contribution in [1.82, 2.24) is 15.1 Å². The summed E-state index contributed by atoms with van der Waals surface area (Å²) in [6, 6.07) is 11.1. The number of hydrogen-bond acceptors (Lipinski definition) is 3. The van der Waals surface area contributed by atoms with Gasteiger partial charge >= 0.3 is 0 Å². The van der Waals surface area contributed by atoms with Gasteiger partial charge in [-0.2, -0.15) is 0 Å². The molecular weight excluding hydrogens is 258 g/mol. The molecule has 1 aromatic rings. The quantitative estimate of drug-likeness (QED) is 0.917. The van der Waals surface area contributed by atoms with Crippen LogP contribution in [0, 0.1) is 0 Å². The van der Waals surface area contributed by atoms with Crippen LogP contribution < -0.4 is 5.32 Å². The van der Waals surface area contributed by atoms with Gasteiger partial charge in [0.2, 0.25) is 0 Å². The molecule has 2 aliphatic rings. The summed E-state index contributed by atoms with van der Waals surface area (Å²) in [6.07, 6.45) is 5.18. The van der Waals surface area contributed by atoms with E-state index < -0.39 is 0 Å². The minimum Gasteiger partial charge on any atom is -0.314 e. The second kappa shape index (κ2) is 6.91. The molecule has 3 heteroatoms. The van der Waals surface area contributed by atoms with Crippen molar-refractivity contribution in [2.75, 3.05) is 46.3 Å². The Morgan fingerprint density at radius 2 is 1.76 bits per heavy atom. The Balaban J connectivity index is 1.82. The van der Waals surface area contributed by atoms with Crippen LogP contribution in [0.1, 0.15) is 24.8 Å². The number of rotatable bonds is 3. The minimum atomic E-state index is 0.369. The van der Waals surface area contributed by atoms with Crippen molar-refractivity contribution >= 4 is 0 Å². The van der Waals surface area contributed by atoms with Gasteiger partial charge in [0.1, 0.15) is 0 Å². The SMILES string of the molecule is CN1CCCC(Cc2ccccc2)(N2CCNCC2)CC1. The lowest BCUT2D eigenvalue weighted by atomic mass is 9.82. The van der Waals surface area contributed by atoms with E-state index in [2.05, 4.69) is 52.5 Å². The van der Waals surface area contributed by atoms with E-state index in [9.17, 15) is 0 Å². The maximum absolute atomic E-state index is 3.51. The summed E-state index contributed by atoms with van der Waals surface area (Å²) in [7, 11) is 2.27. The molecule has 0 amide bonds. The molecule has 21 heavy (non-hydrogen) atoms. The lowest BCUT2D eigenvalue weighted by molar-refractivity contribution is 0.0590. The number of likely N-dealkylation sites (tertiary alicyclic amines) is 1. The summed E-state index contributed by atoms with van der Waals surface area (Å²) in [5.41, 5.74) is 1.87. The predicted molar refractivity (Wildman–Crippen MR) is 88.7 cm³/mol. The highest BCUT2D eigenvalue weighted by Crippen LogP contribution is 2.32. The Hall–Kier alpha value is -0.900. The van der Waals surface area contributed by atoms with E-state index in [1.54, 1.807) is 0 Å². The van der Waals surface area contributed by atoms with Gasteiger partial charge in [-0.15, -0.1) is 0 Å². The first-order valence-corrected chi connectivity index (χ1v) is 8.47. The van der Waals surface area contributed by atoms with Gasteiger partial charge in [0.15, 0.2) is 0 Å². The third kappa shape index (κ3) is 3.65. The predicted octanol–water partition coefficient (Wildman–Crippen LogP) is 1.99. The van der Waals surface area contributed by atoms with E-state index >= 15 is 0 Å². The summed E-state index contributed by atoms with van der Waals surface area (Å²) < 4.78 is 0. The fourth-order valence-electron chi connectivity index (χ4n) is 4.03. The standard InChI is InChI=1S/C18H29N3/c1-20-12-5-8-18(9-13-20,21-14-10-19-11-15-21)16-17-6-3-2-4-7-17/h2-4,6-7,19H,5,8-16H2,1H3. The van der Waals surface area contributed by atoms with Crippen LogP contribution >= 0.6 is 0 Å². The highest BCUT2D eigenvalue weighted by molar-refractivity contribution is 5.18. The molecule has 3 nitrogen and oxygen atoms in total. The van der Waals surface area contributed by atoms with Crippen molar-refractivity contribution in [2.45, 2.75) is 31.2 Å². The van der Waals surface area contributed by atoms with Crippen LogP contribution in [0.25, 0.3) is 0 Å². The zero-order valence-electron chi connectivity index (χ0n) is 13.4. The third-order valence-electron chi connectivity index (χ3n) is 5.30. The highest BCUT2D eigenvalue weighted by atomic mass is 15.3. The van der Waals surface area contributed by atoms with Crippen LogP contribution in [0.5, 0.6) is 0 Å². The molecule has 0 aliphatic carbocycles. The Morgan fingerprint density at radius 1 is 1.00 bits per heavy atom. The first kappa shape index (κ1) is 15.0. The fourth-order valence-corrected chi connectivity index (χ4v) is 4.03. The van der Waals surface area contributed by atoms with Gasteiger partial charge < -0.3 is 10.2 Å². The number of piperazine rings is 1. The Bertz CT molecular complexity index is 427. The molecule has 3 rings (SSSR count). The van der Waals surface area contributed by atoms with E-state index in [1.807, 2.05) is 0 Å². The molecule has 1 aromatic carbocycles. The molecule has 1 unspecified atom stereocenters. The molecule has 0 aromatic heterocycles. The fraction of sp³-hybridized carbons (Fsp3) is 0.667.